The minimum Gasteiger partial charge on any atom is -0.508 e. The molecule has 6 nitrogen and oxygen atoms in total. The first-order valence-corrected chi connectivity index (χ1v) is 10.9. The third kappa shape index (κ3) is 6.77. The fourth-order valence-corrected chi connectivity index (χ4v) is 3.84. The number of rotatable bonds is 12. The largest absolute Gasteiger partial charge is 0.508 e. The van der Waals surface area contributed by atoms with Gasteiger partial charge < -0.3 is 24.4 Å². The van der Waals surface area contributed by atoms with Crippen LogP contribution in [0.5, 0.6) is 23.0 Å². The summed E-state index contributed by atoms with van der Waals surface area (Å²) in [5.74, 6) is 1.89. The van der Waals surface area contributed by atoms with Crippen LogP contribution in [0, 0.1) is 0 Å². The molecule has 1 unspecified atom stereocenters. The quantitative estimate of drug-likeness (QED) is 0.513. The van der Waals surface area contributed by atoms with Gasteiger partial charge in [-0.25, -0.2) is 0 Å². The zero-order valence-corrected chi connectivity index (χ0v) is 19.6. The summed E-state index contributed by atoms with van der Waals surface area (Å²) in [6.07, 6.45) is 0.338. The first-order valence-electron chi connectivity index (χ1n) is 10.9. The van der Waals surface area contributed by atoms with Crippen molar-refractivity contribution in [2.45, 2.75) is 58.7 Å². The van der Waals surface area contributed by atoms with Crippen LogP contribution in [0.15, 0.2) is 36.4 Å². The predicted octanol–water partition coefficient (Wildman–Crippen LogP) is 4.57. The molecule has 0 aliphatic carbocycles. The third-order valence-electron chi connectivity index (χ3n) is 5.46. The number of phenols is 1. The summed E-state index contributed by atoms with van der Waals surface area (Å²) in [7, 11) is 3.18. The molecule has 2 aromatic rings. The van der Waals surface area contributed by atoms with Crippen molar-refractivity contribution < 1.29 is 24.4 Å². The maximum Gasteiger partial charge on any atom is 0.170 e. The lowest BCUT2D eigenvalue weighted by molar-refractivity contribution is 0.131. The van der Waals surface area contributed by atoms with E-state index in [9.17, 15) is 10.2 Å². The minimum absolute atomic E-state index is 0.228. The van der Waals surface area contributed by atoms with Crippen LogP contribution in [0.2, 0.25) is 0 Å². The number of phenolic OH excluding ortho intramolecular Hbond substituents is 1. The lowest BCUT2D eigenvalue weighted by Gasteiger charge is -2.30. The molecule has 0 amide bonds. The van der Waals surface area contributed by atoms with Crippen molar-refractivity contribution in [1.29, 1.82) is 0 Å². The second kappa shape index (κ2) is 11.8. The molecular formula is C25H37NO5. The van der Waals surface area contributed by atoms with Crippen LogP contribution in [0.3, 0.4) is 0 Å². The summed E-state index contributed by atoms with van der Waals surface area (Å²) in [5, 5.41) is 20.5. The normalized spacial score (nSPS) is 12.5. The first-order chi connectivity index (χ1) is 14.8. The van der Waals surface area contributed by atoms with Gasteiger partial charge in [0.05, 0.1) is 25.9 Å². The van der Waals surface area contributed by atoms with Crippen molar-refractivity contribution in [2.75, 3.05) is 27.4 Å². The van der Waals surface area contributed by atoms with E-state index in [1.165, 1.54) is 0 Å². The highest BCUT2D eigenvalue weighted by Crippen LogP contribution is 2.42. The van der Waals surface area contributed by atoms with E-state index in [0.29, 0.717) is 54.3 Å². The Morgan fingerprint density at radius 3 is 2.00 bits per heavy atom. The number of nitrogens with zero attached hydrogens (tertiary/aromatic N) is 1. The predicted molar refractivity (Wildman–Crippen MR) is 123 cm³/mol. The molecule has 0 saturated carbocycles. The van der Waals surface area contributed by atoms with Crippen molar-refractivity contribution in [3.8, 4) is 23.0 Å². The standard InChI is InChI=1S/C25H37NO5/c1-17(2)26(18(3)4)15-16-31-25-23(30-6)14-13-22(29-5)24(25)21(28)12-9-19-7-10-20(27)11-8-19/h7-8,10-11,13-14,17-18,21,27-28H,9,12,15-16H2,1-6H3. The molecule has 2 N–H and O–H groups in total. The molecule has 0 aliphatic rings. The van der Waals surface area contributed by atoms with Crippen LogP contribution in [0.1, 0.15) is 51.3 Å². The smallest absolute Gasteiger partial charge is 0.170 e. The number of hydrogen-bond donors (Lipinski definition) is 2. The average Bonchev–Trinajstić information content (AvgIpc) is 2.74. The molecule has 1 atom stereocenters. The molecule has 2 aromatic carbocycles. The van der Waals surface area contributed by atoms with E-state index in [1.807, 2.05) is 12.1 Å². The van der Waals surface area contributed by atoms with Crippen LogP contribution in [-0.2, 0) is 6.42 Å². The summed E-state index contributed by atoms with van der Waals surface area (Å²) in [5.41, 5.74) is 1.63. The number of aryl methyl sites for hydroxylation is 1. The van der Waals surface area contributed by atoms with E-state index in [1.54, 1.807) is 38.5 Å². The maximum absolute atomic E-state index is 11.1. The average molecular weight is 432 g/mol. The van der Waals surface area contributed by atoms with E-state index in [-0.39, 0.29) is 5.75 Å². The highest BCUT2D eigenvalue weighted by molar-refractivity contribution is 5.55. The zero-order chi connectivity index (χ0) is 23.0. The van der Waals surface area contributed by atoms with Gasteiger partial charge in [0.1, 0.15) is 18.1 Å². The number of benzene rings is 2. The molecule has 0 radical (unpaired) electrons. The van der Waals surface area contributed by atoms with Gasteiger partial charge in [0, 0.05) is 18.6 Å². The Balaban J connectivity index is 2.22. The fourth-order valence-electron chi connectivity index (χ4n) is 3.84. The van der Waals surface area contributed by atoms with Crippen LogP contribution in [0.25, 0.3) is 0 Å². The van der Waals surface area contributed by atoms with Crippen molar-refractivity contribution in [3.05, 3.63) is 47.5 Å². The molecule has 0 saturated heterocycles. The van der Waals surface area contributed by atoms with Crippen molar-refractivity contribution in [1.82, 2.24) is 4.90 Å². The fraction of sp³-hybridized carbons (Fsp3) is 0.520. The van der Waals surface area contributed by atoms with Crippen molar-refractivity contribution >= 4 is 0 Å². The first kappa shape index (κ1) is 24.8. The lowest BCUT2D eigenvalue weighted by atomic mass is 9.99. The molecule has 0 fully saturated rings. The van der Waals surface area contributed by atoms with Gasteiger partial charge in [0.2, 0.25) is 0 Å². The number of ether oxygens (including phenoxy) is 3. The number of methoxy groups -OCH3 is 2. The summed E-state index contributed by atoms with van der Waals surface area (Å²) in [4.78, 5) is 2.35. The van der Waals surface area contributed by atoms with E-state index in [0.717, 1.165) is 12.1 Å². The molecule has 31 heavy (non-hydrogen) atoms. The van der Waals surface area contributed by atoms with Gasteiger partial charge in [0.15, 0.2) is 11.5 Å². The molecule has 0 aliphatic heterocycles. The second-order valence-electron chi connectivity index (χ2n) is 8.21. The Bertz CT molecular complexity index is 796. The summed E-state index contributed by atoms with van der Waals surface area (Å²) < 4.78 is 17.3. The molecule has 172 valence electrons. The monoisotopic (exact) mass is 431 g/mol. The Labute approximate surface area is 186 Å². The Kier molecular flexibility index (Phi) is 9.46. The molecule has 2 rings (SSSR count). The SMILES string of the molecule is COc1ccc(OC)c(C(O)CCc2ccc(O)cc2)c1OCCN(C(C)C)C(C)C. The minimum atomic E-state index is -0.792. The van der Waals surface area contributed by atoms with E-state index in [2.05, 4.69) is 32.6 Å². The molecule has 6 heteroatoms. The molecule has 0 bridgehead atoms. The van der Waals surface area contributed by atoms with Crippen LogP contribution >= 0.6 is 0 Å². The van der Waals surface area contributed by atoms with E-state index >= 15 is 0 Å². The number of aliphatic hydroxyl groups excluding tert-OH is 1. The topological polar surface area (TPSA) is 71.4 Å². The van der Waals surface area contributed by atoms with Gasteiger partial charge in [-0.1, -0.05) is 12.1 Å². The zero-order valence-electron chi connectivity index (χ0n) is 19.6. The highest BCUT2D eigenvalue weighted by Gasteiger charge is 2.24. The van der Waals surface area contributed by atoms with Gasteiger partial charge in [-0.3, -0.25) is 4.90 Å². The van der Waals surface area contributed by atoms with Crippen molar-refractivity contribution in [2.24, 2.45) is 0 Å². The van der Waals surface area contributed by atoms with Gasteiger partial charge in [-0.15, -0.1) is 0 Å². The third-order valence-corrected chi connectivity index (χ3v) is 5.46. The van der Waals surface area contributed by atoms with Crippen LogP contribution in [-0.4, -0.2) is 54.6 Å². The lowest BCUT2D eigenvalue weighted by Crippen LogP contribution is -2.39. The number of hydrogen-bond acceptors (Lipinski definition) is 6. The van der Waals surface area contributed by atoms with Gasteiger partial charge in [-0.2, -0.15) is 0 Å². The summed E-state index contributed by atoms with van der Waals surface area (Å²) in [6, 6.07) is 11.4. The second-order valence-corrected chi connectivity index (χ2v) is 8.21. The number of aromatic hydroxyl groups is 1. The summed E-state index contributed by atoms with van der Waals surface area (Å²) in [6.45, 7) is 9.92. The Morgan fingerprint density at radius 1 is 0.871 bits per heavy atom. The molecule has 0 spiro atoms. The Hall–Kier alpha value is -2.44. The molecule has 0 heterocycles. The van der Waals surface area contributed by atoms with Gasteiger partial charge >= 0.3 is 0 Å². The van der Waals surface area contributed by atoms with Crippen molar-refractivity contribution in [3.63, 3.8) is 0 Å². The summed E-state index contributed by atoms with van der Waals surface area (Å²) >= 11 is 0. The Morgan fingerprint density at radius 2 is 1.45 bits per heavy atom. The van der Waals surface area contributed by atoms with E-state index < -0.39 is 6.10 Å². The maximum atomic E-state index is 11.1. The highest BCUT2D eigenvalue weighted by atomic mass is 16.5. The molecule has 0 aromatic heterocycles. The molecular weight excluding hydrogens is 394 g/mol. The van der Waals surface area contributed by atoms with Gasteiger partial charge in [-0.05, 0) is 70.4 Å². The van der Waals surface area contributed by atoms with E-state index in [4.69, 9.17) is 14.2 Å². The number of aliphatic hydroxyl groups is 1. The van der Waals surface area contributed by atoms with Crippen LogP contribution < -0.4 is 14.2 Å². The van der Waals surface area contributed by atoms with Gasteiger partial charge in [0.25, 0.3) is 0 Å². The van der Waals surface area contributed by atoms with Crippen LogP contribution in [0.4, 0.5) is 0 Å².